The van der Waals surface area contributed by atoms with E-state index in [0.717, 1.165) is 12.0 Å². The van der Waals surface area contributed by atoms with Gasteiger partial charge in [0.15, 0.2) is 0 Å². The average molecular weight is 434 g/mol. The predicted molar refractivity (Wildman–Crippen MR) is 113 cm³/mol. The monoisotopic (exact) mass is 433 g/mol. The standard InChI is InChI=1S/C22H31N3O6/c1-14(2)11-17(25-22(30)31-13-15-7-4-3-5-8-15)20(27)24-18(21(28)29)12-16-9-6-10-23-19(16)26/h3-5,7-8,14,16-18H,6,9-13H2,1-2H3,(H,23,26)(H,24,27)(H,25,30)(H,28,29). The van der Waals surface area contributed by atoms with Gasteiger partial charge in [0.25, 0.3) is 0 Å². The second kappa shape index (κ2) is 11.9. The molecule has 9 heteroatoms. The summed E-state index contributed by atoms with van der Waals surface area (Å²) in [7, 11) is 0. The maximum atomic E-state index is 12.8. The Labute approximate surface area is 181 Å². The molecule has 0 aromatic heterocycles. The summed E-state index contributed by atoms with van der Waals surface area (Å²) in [6, 6.07) is 6.94. The highest BCUT2D eigenvalue weighted by atomic mass is 16.5. The van der Waals surface area contributed by atoms with Gasteiger partial charge >= 0.3 is 12.1 Å². The molecule has 9 nitrogen and oxygen atoms in total. The van der Waals surface area contributed by atoms with Gasteiger partial charge in [-0.25, -0.2) is 9.59 Å². The number of ether oxygens (including phenoxy) is 1. The largest absolute Gasteiger partial charge is 0.480 e. The molecule has 3 unspecified atom stereocenters. The van der Waals surface area contributed by atoms with E-state index in [1.807, 2.05) is 44.2 Å². The van der Waals surface area contributed by atoms with Crippen LogP contribution in [0.15, 0.2) is 30.3 Å². The number of carboxylic acid groups (broad SMARTS) is 1. The van der Waals surface area contributed by atoms with Crippen LogP contribution in [0.5, 0.6) is 0 Å². The fraction of sp³-hybridized carbons (Fsp3) is 0.545. The van der Waals surface area contributed by atoms with E-state index in [1.165, 1.54) is 0 Å². The number of piperidine rings is 1. The van der Waals surface area contributed by atoms with Crippen LogP contribution < -0.4 is 16.0 Å². The van der Waals surface area contributed by atoms with Crippen LogP contribution in [0.4, 0.5) is 4.79 Å². The van der Waals surface area contributed by atoms with Crippen molar-refractivity contribution in [2.75, 3.05) is 6.54 Å². The quantitative estimate of drug-likeness (QED) is 0.445. The maximum Gasteiger partial charge on any atom is 0.408 e. The van der Waals surface area contributed by atoms with Crippen LogP contribution in [0, 0.1) is 11.8 Å². The Morgan fingerprint density at radius 2 is 1.87 bits per heavy atom. The second-order valence-electron chi connectivity index (χ2n) is 8.15. The molecule has 0 saturated carbocycles. The molecule has 2 rings (SSSR count). The molecular weight excluding hydrogens is 402 g/mol. The summed E-state index contributed by atoms with van der Waals surface area (Å²) in [6.45, 7) is 4.40. The maximum absolute atomic E-state index is 12.8. The SMILES string of the molecule is CC(C)CC(NC(=O)OCc1ccccc1)C(=O)NC(CC1CCCNC1=O)C(=O)O. The van der Waals surface area contributed by atoms with Gasteiger partial charge in [0, 0.05) is 12.5 Å². The van der Waals surface area contributed by atoms with Gasteiger partial charge in [0.1, 0.15) is 18.7 Å². The highest BCUT2D eigenvalue weighted by Crippen LogP contribution is 2.18. The molecular formula is C22H31N3O6. The summed E-state index contributed by atoms with van der Waals surface area (Å²) in [4.78, 5) is 48.6. The minimum absolute atomic E-state index is 0.000239. The highest BCUT2D eigenvalue weighted by Gasteiger charge is 2.32. The van der Waals surface area contributed by atoms with Crippen LogP contribution >= 0.6 is 0 Å². The van der Waals surface area contributed by atoms with Gasteiger partial charge in [-0.05, 0) is 37.2 Å². The van der Waals surface area contributed by atoms with Gasteiger partial charge in [-0.1, -0.05) is 44.2 Å². The van der Waals surface area contributed by atoms with Crippen molar-refractivity contribution in [1.82, 2.24) is 16.0 Å². The highest BCUT2D eigenvalue weighted by molar-refractivity contribution is 5.89. The van der Waals surface area contributed by atoms with Gasteiger partial charge in [-0.15, -0.1) is 0 Å². The first-order valence-corrected chi connectivity index (χ1v) is 10.5. The van der Waals surface area contributed by atoms with Crippen molar-refractivity contribution in [1.29, 1.82) is 0 Å². The number of benzene rings is 1. The molecule has 0 spiro atoms. The fourth-order valence-corrected chi connectivity index (χ4v) is 3.45. The summed E-state index contributed by atoms with van der Waals surface area (Å²) >= 11 is 0. The lowest BCUT2D eigenvalue weighted by Crippen LogP contribution is -2.53. The minimum atomic E-state index is -1.22. The molecule has 31 heavy (non-hydrogen) atoms. The van der Waals surface area contributed by atoms with E-state index in [-0.39, 0.29) is 24.9 Å². The fourth-order valence-electron chi connectivity index (χ4n) is 3.45. The van der Waals surface area contributed by atoms with Gasteiger partial charge in [-0.3, -0.25) is 9.59 Å². The second-order valence-corrected chi connectivity index (χ2v) is 8.15. The summed E-state index contributed by atoms with van der Waals surface area (Å²) in [5.41, 5.74) is 0.805. The van der Waals surface area contributed by atoms with Crippen LogP contribution in [-0.4, -0.2) is 47.6 Å². The molecule has 1 aromatic carbocycles. The molecule has 1 aliphatic rings. The van der Waals surface area contributed by atoms with E-state index in [0.29, 0.717) is 19.4 Å². The van der Waals surface area contributed by atoms with E-state index in [4.69, 9.17) is 4.74 Å². The normalized spacial score (nSPS) is 17.9. The number of amides is 3. The van der Waals surface area contributed by atoms with Crippen LogP contribution in [0.25, 0.3) is 0 Å². The first-order chi connectivity index (χ1) is 14.8. The Balaban J connectivity index is 1.96. The van der Waals surface area contributed by atoms with Crippen molar-refractivity contribution in [2.24, 2.45) is 11.8 Å². The topological polar surface area (TPSA) is 134 Å². The lowest BCUT2D eigenvalue weighted by atomic mass is 9.91. The molecule has 1 heterocycles. The molecule has 3 amide bonds. The molecule has 1 aliphatic heterocycles. The summed E-state index contributed by atoms with van der Waals surface area (Å²) < 4.78 is 5.18. The van der Waals surface area contributed by atoms with E-state index in [1.54, 1.807) is 0 Å². The van der Waals surface area contributed by atoms with Crippen molar-refractivity contribution in [2.45, 2.75) is 58.2 Å². The van der Waals surface area contributed by atoms with Gasteiger partial charge < -0.3 is 25.8 Å². The number of carbonyl (C=O) groups is 4. The number of alkyl carbamates (subject to hydrolysis) is 1. The average Bonchev–Trinajstić information content (AvgIpc) is 2.73. The Morgan fingerprint density at radius 1 is 1.16 bits per heavy atom. The first-order valence-electron chi connectivity index (χ1n) is 10.5. The van der Waals surface area contributed by atoms with E-state index in [2.05, 4.69) is 16.0 Å². The summed E-state index contributed by atoms with van der Waals surface area (Å²) in [5, 5.41) is 17.3. The zero-order valence-electron chi connectivity index (χ0n) is 17.9. The van der Waals surface area contributed by atoms with Crippen molar-refractivity contribution < 1.29 is 29.0 Å². The molecule has 1 aromatic rings. The molecule has 4 N–H and O–H groups in total. The lowest BCUT2D eigenvalue weighted by molar-refractivity contribution is -0.143. The molecule has 0 bridgehead atoms. The van der Waals surface area contributed by atoms with E-state index >= 15 is 0 Å². The smallest absolute Gasteiger partial charge is 0.408 e. The Morgan fingerprint density at radius 3 is 2.48 bits per heavy atom. The molecule has 1 saturated heterocycles. The number of carbonyl (C=O) groups excluding carboxylic acids is 3. The number of rotatable bonds is 10. The van der Waals surface area contributed by atoms with Crippen molar-refractivity contribution >= 4 is 23.9 Å². The lowest BCUT2D eigenvalue weighted by Gasteiger charge is -2.26. The first kappa shape index (κ1) is 24.2. The van der Waals surface area contributed by atoms with Gasteiger partial charge in [0.05, 0.1) is 0 Å². The summed E-state index contributed by atoms with van der Waals surface area (Å²) in [6.07, 6.45) is 0.887. The van der Waals surface area contributed by atoms with Crippen LogP contribution in [-0.2, 0) is 25.7 Å². The van der Waals surface area contributed by atoms with E-state index < -0.39 is 36.0 Å². The zero-order valence-corrected chi connectivity index (χ0v) is 17.9. The van der Waals surface area contributed by atoms with Crippen molar-refractivity contribution in [3.8, 4) is 0 Å². The zero-order chi connectivity index (χ0) is 22.8. The predicted octanol–water partition coefficient (Wildman–Crippen LogP) is 1.81. The van der Waals surface area contributed by atoms with Crippen LogP contribution in [0.2, 0.25) is 0 Å². The molecule has 0 aliphatic carbocycles. The van der Waals surface area contributed by atoms with Crippen LogP contribution in [0.3, 0.4) is 0 Å². The molecule has 170 valence electrons. The van der Waals surface area contributed by atoms with Crippen molar-refractivity contribution in [3.63, 3.8) is 0 Å². The van der Waals surface area contributed by atoms with Gasteiger partial charge in [-0.2, -0.15) is 0 Å². The number of carboxylic acids is 1. The Hall–Kier alpha value is -3.10. The number of hydrogen-bond acceptors (Lipinski definition) is 5. The van der Waals surface area contributed by atoms with Crippen molar-refractivity contribution in [3.05, 3.63) is 35.9 Å². The Bertz CT molecular complexity index is 768. The third-order valence-corrected chi connectivity index (χ3v) is 5.06. The molecule has 0 radical (unpaired) electrons. The third kappa shape index (κ3) is 8.27. The number of hydrogen-bond donors (Lipinski definition) is 4. The van der Waals surface area contributed by atoms with Gasteiger partial charge in [0.2, 0.25) is 11.8 Å². The van der Waals surface area contributed by atoms with E-state index in [9.17, 15) is 24.3 Å². The summed E-state index contributed by atoms with van der Waals surface area (Å²) in [5.74, 6) is -2.44. The Kier molecular flexibility index (Phi) is 9.30. The van der Waals surface area contributed by atoms with Crippen LogP contribution in [0.1, 0.15) is 45.1 Å². The minimum Gasteiger partial charge on any atom is -0.480 e. The number of nitrogens with one attached hydrogen (secondary N) is 3. The number of aliphatic carboxylic acids is 1. The molecule has 3 atom stereocenters. The third-order valence-electron chi connectivity index (χ3n) is 5.06. The molecule has 1 fully saturated rings.